The van der Waals surface area contributed by atoms with Crippen molar-refractivity contribution in [3.05, 3.63) is 24.3 Å². The molecule has 0 aliphatic rings. The summed E-state index contributed by atoms with van der Waals surface area (Å²) in [4.78, 5) is 0. The van der Waals surface area contributed by atoms with Gasteiger partial charge in [-0.3, -0.25) is 0 Å². The topological polar surface area (TPSA) is 52.0 Å². The molecule has 0 fully saturated rings. The lowest BCUT2D eigenvalue weighted by Crippen LogP contribution is -1.88. The van der Waals surface area contributed by atoms with Gasteiger partial charge in [-0.15, -0.1) is 0 Å². The van der Waals surface area contributed by atoms with E-state index in [1.807, 2.05) is 0 Å². The van der Waals surface area contributed by atoms with Crippen molar-refractivity contribution < 1.29 is 0 Å². The first-order valence-electron chi connectivity index (χ1n) is 2.23. The highest BCUT2D eigenvalue weighted by atomic mass is 14.6. The number of anilines is 2. The van der Waals surface area contributed by atoms with Crippen molar-refractivity contribution in [2.75, 3.05) is 11.5 Å². The van der Waals surface area contributed by atoms with Crippen molar-refractivity contribution in [2.24, 2.45) is 0 Å². The Bertz CT molecular complexity index is 166. The van der Waals surface area contributed by atoms with E-state index in [1.54, 1.807) is 12.1 Å². The molecule has 8 heavy (non-hydrogen) atoms. The standard InChI is InChI=1S/C6H6N2/c7-5-2-1-3-6(8)4-5/h1,4H,7-8H2. The average molecular weight is 106 g/mol. The minimum atomic E-state index is 0.557. The van der Waals surface area contributed by atoms with Crippen LogP contribution in [0.3, 0.4) is 0 Å². The van der Waals surface area contributed by atoms with Gasteiger partial charge in [0.25, 0.3) is 0 Å². The van der Waals surface area contributed by atoms with E-state index < -0.39 is 0 Å². The Kier molecular flexibility index (Phi) is 1.08. The van der Waals surface area contributed by atoms with Gasteiger partial charge in [0.2, 0.25) is 0 Å². The molecule has 0 bridgehead atoms. The molecule has 0 spiro atoms. The van der Waals surface area contributed by atoms with Crippen LogP contribution >= 0.6 is 0 Å². The van der Waals surface area contributed by atoms with Gasteiger partial charge in [-0.25, -0.2) is 0 Å². The summed E-state index contributed by atoms with van der Waals surface area (Å²) in [5.74, 6) is 0. The first-order valence-corrected chi connectivity index (χ1v) is 2.23. The van der Waals surface area contributed by atoms with E-state index in [1.165, 1.54) is 0 Å². The monoisotopic (exact) mass is 106 g/mol. The SMILES string of the molecule is Nc1[c]c[c]c(N)c1. The maximum Gasteiger partial charge on any atom is 0.0415 e. The Balaban J connectivity index is 3.08. The van der Waals surface area contributed by atoms with E-state index in [9.17, 15) is 0 Å². The second kappa shape index (κ2) is 1.74. The fourth-order valence-electron chi connectivity index (χ4n) is 0.454. The van der Waals surface area contributed by atoms with Gasteiger partial charge in [0.05, 0.1) is 0 Å². The zero-order chi connectivity index (χ0) is 5.98. The quantitative estimate of drug-likeness (QED) is 0.472. The van der Waals surface area contributed by atoms with Crippen molar-refractivity contribution in [3.8, 4) is 0 Å². The third-order valence-corrected chi connectivity index (χ3v) is 0.789. The fourth-order valence-corrected chi connectivity index (χ4v) is 0.454. The zero-order valence-electron chi connectivity index (χ0n) is 4.31. The third-order valence-electron chi connectivity index (χ3n) is 0.789. The summed E-state index contributed by atoms with van der Waals surface area (Å²) < 4.78 is 0. The predicted molar refractivity (Wildman–Crippen MR) is 32.9 cm³/mol. The van der Waals surface area contributed by atoms with E-state index in [2.05, 4.69) is 12.1 Å². The summed E-state index contributed by atoms with van der Waals surface area (Å²) in [6.45, 7) is 0. The van der Waals surface area contributed by atoms with Crippen LogP contribution in [0.5, 0.6) is 0 Å². The molecule has 1 aromatic carbocycles. The highest BCUT2D eigenvalue weighted by Gasteiger charge is 1.83. The second-order valence-corrected chi connectivity index (χ2v) is 1.49. The summed E-state index contributed by atoms with van der Waals surface area (Å²) >= 11 is 0. The number of nitrogens with two attached hydrogens (primary N) is 2. The van der Waals surface area contributed by atoms with E-state index in [4.69, 9.17) is 11.5 Å². The third kappa shape index (κ3) is 0.904. The smallest absolute Gasteiger partial charge is 0.0415 e. The largest absolute Gasteiger partial charge is 0.398 e. The van der Waals surface area contributed by atoms with Crippen LogP contribution in [0.15, 0.2) is 12.1 Å². The molecule has 0 unspecified atom stereocenters. The Morgan fingerprint density at radius 1 is 1.12 bits per heavy atom. The van der Waals surface area contributed by atoms with Gasteiger partial charge in [0.1, 0.15) is 0 Å². The van der Waals surface area contributed by atoms with Crippen molar-refractivity contribution in [2.45, 2.75) is 0 Å². The van der Waals surface area contributed by atoms with Crippen molar-refractivity contribution >= 4 is 11.4 Å². The molecule has 2 heteroatoms. The first-order chi connectivity index (χ1) is 3.79. The van der Waals surface area contributed by atoms with Gasteiger partial charge in [-0.2, -0.15) is 0 Å². The van der Waals surface area contributed by atoms with Crippen LogP contribution in [-0.2, 0) is 0 Å². The Morgan fingerprint density at radius 2 is 1.62 bits per heavy atom. The summed E-state index contributed by atoms with van der Waals surface area (Å²) in [6.07, 6.45) is 0. The highest BCUT2D eigenvalue weighted by Crippen LogP contribution is 2.04. The van der Waals surface area contributed by atoms with Gasteiger partial charge in [0.15, 0.2) is 0 Å². The van der Waals surface area contributed by atoms with Crippen LogP contribution in [0.2, 0.25) is 0 Å². The maximum atomic E-state index is 5.30. The highest BCUT2D eigenvalue weighted by molar-refractivity contribution is 5.49. The molecule has 0 atom stereocenters. The van der Waals surface area contributed by atoms with E-state index >= 15 is 0 Å². The molecule has 40 valence electrons. The minimum Gasteiger partial charge on any atom is -0.398 e. The molecule has 0 saturated heterocycles. The van der Waals surface area contributed by atoms with Gasteiger partial charge < -0.3 is 11.5 Å². The molecule has 2 nitrogen and oxygen atoms in total. The van der Waals surface area contributed by atoms with Gasteiger partial charge in [-0.05, 0) is 12.1 Å². The lowest BCUT2D eigenvalue weighted by atomic mass is 10.3. The average Bonchev–Trinajstić information content (AvgIpc) is 1.64. The molecule has 0 aromatic heterocycles. The fraction of sp³-hybridized carbons (Fsp3) is 0. The molecule has 0 amide bonds. The molecular formula is C6H6N2. The Hall–Kier alpha value is -1.18. The summed E-state index contributed by atoms with van der Waals surface area (Å²) in [5.41, 5.74) is 11.7. The van der Waals surface area contributed by atoms with Crippen molar-refractivity contribution in [3.63, 3.8) is 0 Å². The van der Waals surface area contributed by atoms with Gasteiger partial charge >= 0.3 is 0 Å². The molecule has 0 heterocycles. The molecular weight excluding hydrogens is 100 g/mol. The molecule has 4 N–H and O–H groups in total. The Labute approximate surface area is 48.1 Å². The predicted octanol–water partition coefficient (Wildman–Crippen LogP) is 0.451. The van der Waals surface area contributed by atoms with Crippen molar-refractivity contribution in [1.82, 2.24) is 0 Å². The lowest BCUT2D eigenvalue weighted by Gasteiger charge is -1.90. The summed E-state index contributed by atoms with van der Waals surface area (Å²) in [6, 6.07) is 8.61. The number of rotatable bonds is 0. The lowest BCUT2D eigenvalue weighted by molar-refractivity contribution is 1.64. The van der Waals surface area contributed by atoms with E-state index in [-0.39, 0.29) is 0 Å². The Morgan fingerprint density at radius 3 is 1.88 bits per heavy atom. The molecule has 2 radical (unpaired) electrons. The van der Waals surface area contributed by atoms with Crippen LogP contribution in [0.4, 0.5) is 11.4 Å². The molecule has 0 saturated carbocycles. The van der Waals surface area contributed by atoms with Crippen LogP contribution in [0, 0.1) is 12.1 Å². The molecule has 1 aromatic rings. The van der Waals surface area contributed by atoms with Crippen LogP contribution < -0.4 is 11.5 Å². The van der Waals surface area contributed by atoms with E-state index in [0.29, 0.717) is 11.4 Å². The minimum absolute atomic E-state index is 0.557. The number of hydrogen-bond donors (Lipinski definition) is 2. The molecule has 1 rings (SSSR count). The van der Waals surface area contributed by atoms with Crippen LogP contribution in [0.25, 0.3) is 0 Å². The van der Waals surface area contributed by atoms with Gasteiger partial charge in [0, 0.05) is 23.5 Å². The molecule has 0 aliphatic heterocycles. The summed E-state index contributed by atoms with van der Waals surface area (Å²) in [5, 5.41) is 0. The summed E-state index contributed by atoms with van der Waals surface area (Å²) in [7, 11) is 0. The number of hydrogen-bond acceptors (Lipinski definition) is 2. The van der Waals surface area contributed by atoms with Crippen molar-refractivity contribution in [1.29, 1.82) is 0 Å². The van der Waals surface area contributed by atoms with Crippen LogP contribution in [-0.4, -0.2) is 0 Å². The first kappa shape index (κ1) is 4.97. The normalized spacial score (nSPS) is 9.00. The second-order valence-electron chi connectivity index (χ2n) is 1.49. The van der Waals surface area contributed by atoms with Crippen LogP contribution in [0.1, 0.15) is 0 Å². The van der Waals surface area contributed by atoms with Gasteiger partial charge in [-0.1, -0.05) is 0 Å². The number of nitrogen functional groups attached to an aromatic ring is 2. The molecule has 0 aliphatic carbocycles. The maximum absolute atomic E-state index is 5.30. The van der Waals surface area contributed by atoms with E-state index in [0.717, 1.165) is 0 Å². The number of benzene rings is 1. The zero-order valence-corrected chi connectivity index (χ0v) is 4.31.